The quantitative estimate of drug-likeness (QED) is 0.316. The van der Waals surface area contributed by atoms with Crippen LogP contribution in [0, 0.1) is 5.92 Å². The third-order valence-corrected chi connectivity index (χ3v) is 1.39. The van der Waals surface area contributed by atoms with Crippen molar-refractivity contribution in [2.24, 2.45) is 11.1 Å². The molecule has 1 fully saturated rings. The fraction of sp³-hybridized carbons (Fsp3) is 0.750. The number of rotatable bonds is 1. The summed E-state index contributed by atoms with van der Waals surface area (Å²) in [6.07, 6.45) is 2.17. The van der Waals surface area contributed by atoms with E-state index in [9.17, 15) is 0 Å². The van der Waals surface area contributed by atoms with E-state index < -0.39 is 0 Å². The van der Waals surface area contributed by atoms with Gasteiger partial charge in [-0.25, -0.2) is 0 Å². The van der Waals surface area contributed by atoms with Crippen LogP contribution in [0.25, 0.3) is 0 Å². The highest BCUT2D eigenvalue weighted by Gasteiger charge is 2.26. The van der Waals surface area contributed by atoms with Crippen LogP contribution in [0.2, 0.25) is 0 Å². The molecule has 7 heavy (non-hydrogen) atoms. The summed E-state index contributed by atoms with van der Waals surface area (Å²) < 4.78 is 0. The van der Waals surface area contributed by atoms with Gasteiger partial charge in [-0.15, -0.1) is 0 Å². The zero-order chi connectivity index (χ0) is 5.28. The summed E-state index contributed by atoms with van der Waals surface area (Å²) in [6, 6.07) is 0. The molecule has 1 rings (SSSR count). The number of nitrogens with zero attached hydrogens (tertiary/aromatic N) is 1. The van der Waals surface area contributed by atoms with Crippen molar-refractivity contribution >= 4 is 16.8 Å². The predicted molar refractivity (Wildman–Crippen MR) is 27.8 cm³/mol. The third-order valence-electron chi connectivity index (χ3n) is 1.01. The lowest BCUT2D eigenvalue weighted by Gasteiger charge is -1.81. The number of hydrogen-bond donors (Lipinski definition) is 1. The molecule has 0 radical (unpaired) electrons. The Morgan fingerprint density at radius 1 is 1.71 bits per heavy atom. The van der Waals surface area contributed by atoms with Crippen molar-refractivity contribution in [2.45, 2.75) is 12.8 Å². The van der Waals surface area contributed by atoms with E-state index in [4.69, 9.17) is 16.8 Å². The lowest BCUT2D eigenvalue weighted by Crippen LogP contribution is -1.86. The molecule has 1 N–H and O–H groups in total. The monoisotopic (exact) mass is 119 g/mol. The SMILES string of the molecule is ON=C(Cl)C1CC1. The molecule has 0 aromatic heterocycles. The zero-order valence-electron chi connectivity index (χ0n) is 3.76. The van der Waals surface area contributed by atoms with Crippen molar-refractivity contribution < 1.29 is 5.21 Å². The first-order valence-electron chi connectivity index (χ1n) is 2.22. The van der Waals surface area contributed by atoms with Crippen LogP contribution in [0.1, 0.15) is 12.8 Å². The van der Waals surface area contributed by atoms with Gasteiger partial charge >= 0.3 is 0 Å². The summed E-state index contributed by atoms with van der Waals surface area (Å²) in [5.74, 6) is 0.381. The number of halogens is 1. The van der Waals surface area contributed by atoms with Gasteiger partial charge < -0.3 is 5.21 Å². The molecule has 2 nitrogen and oxygen atoms in total. The molecule has 0 bridgehead atoms. The molecule has 0 aromatic rings. The Hall–Kier alpha value is -0.240. The topological polar surface area (TPSA) is 32.6 Å². The van der Waals surface area contributed by atoms with Gasteiger partial charge in [-0.3, -0.25) is 0 Å². The second-order valence-electron chi connectivity index (χ2n) is 1.70. The molecule has 0 atom stereocenters. The fourth-order valence-electron chi connectivity index (χ4n) is 0.403. The molecule has 0 unspecified atom stereocenters. The fourth-order valence-corrected chi connectivity index (χ4v) is 0.621. The van der Waals surface area contributed by atoms with Crippen molar-refractivity contribution in [3.05, 3.63) is 0 Å². The summed E-state index contributed by atoms with van der Waals surface area (Å²) in [7, 11) is 0. The Labute approximate surface area is 46.8 Å². The second kappa shape index (κ2) is 1.70. The van der Waals surface area contributed by atoms with E-state index in [0.717, 1.165) is 12.8 Å². The van der Waals surface area contributed by atoms with E-state index in [1.165, 1.54) is 0 Å². The smallest absolute Gasteiger partial charge is 0.148 e. The van der Waals surface area contributed by atoms with Gasteiger partial charge in [-0.1, -0.05) is 16.8 Å². The lowest BCUT2D eigenvalue weighted by atomic mass is 10.5. The van der Waals surface area contributed by atoms with Crippen LogP contribution in [0.4, 0.5) is 0 Å². The zero-order valence-corrected chi connectivity index (χ0v) is 4.52. The van der Waals surface area contributed by atoms with E-state index >= 15 is 0 Å². The minimum absolute atomic E-state index is 0.361. The van der Waals surface area contributed by atoms with Crippen molar-refractivity contribution in [1.82, 2.24) is 0 Å². The van der Waals surface area contributed by atoms with E-state index in [-0.39, 0.29) is 0 Å². The predicted octanol–water partition coefficient (Wildman–Crippen LogP) is 1.42. The third kappa shape index (κ3) is 1.06. The van der Waals surface area contributed by atoms with Crippen LogP contribution in [0.15, 0.2) is 5.16 Å². The first kappa shape index (κ1) is 4.91. The van der Waals surface area contributed by atoms with Crippen molar-refractivity contribution in [3.8, 4) is 0 Å². The van der Waals surface area contributed by atoms with Gasteiger partial charge in [0.15, 0.2) is 0 Å². The van der Waals surface area contributed by atoms with Gasteiger partial charge in [0.05, 0.1) is 0 Å². The molecule has 0 aromatic carbocycles. The maximum Gasteiger partial charge on any atom is 0.148 e. The molecule has 0 amide bonds. The molecule has 1 aliphatic carbocycles. The summed E-state index contributed by atoms with van der Waals surface area (Å²) >= 11 is 5.36. The van der Waals surface area contributed by atoms with Gasteiger partial charge in [0.1, 0.15) is 5.17 Å². The summed E-state index contributed by atoms with van der Waals surface area (Å²) in [5, 5.41) is 11.2. The van der Waals surface area contributed by atoms with Crippen LogP contribution in [-0.2, 0) is 0 Å². The summed E-state index contributed by atoms with van der Waals surface area (Å²) in [5.41, 5.74) is 0. The number of oxime groups is 1. The van der Waals surface area contributed by atoms with E-state index in [1.807, 2.05) is 0 Å². The van der Waals surface area contributed by atoms with E-state index in [2.05, 4.69) is 5.16 Å². The Morgan fingerprint density at radius 3 is 2.43 bits per heavy atom. The summed E-state index contributed by atoms with van der Waals surface area (Å²) in [4.78, 5) is 0. The van der Waals surface area contributed by atoms with Crippen molar-refractivity contribution in [2.75, 3.05) is 0 Å². The largest absolute Gasteiger partial charge is 0.410 e. The van der Waals surface area contributed by atoms with Crippen LogP contribution in [0.3, 0.4) is 0 Å². The van der Waals surface area contributed by atoms with Crippen LogP contribution in [-0.4, -0.2) is 10.4 Å². The van der Waals surface area contributed by atoms with Gasteiger partial charge in [-0.2, -0.15) is 0 Å². The standard InChI is InChI=1S/C4H6ClNO/c5-4(6-7)3-1-2-3/h3,7H,1-2H2. The maximum absolute atomic E-state index is 8.00. The molecule has 3 heteroatoms. The minimum Gasteiger partial charge on any atom is -0.410 e. The highest BCUT2D eigenvalue weighted by molar-refractivity contribution is 6.66. The van der Waals surface area contributed by atoms with Crippen LogP contribution < -0.4 is 0 Å². The molecule has 0 spiro atoms. The van der Waals surface area contributed by atoms with Crippen LogP contribution >= 0.6 is 11.6 Å². The van der Waals surface area contributed by atoms with Gasteiger partial charge in [-0.05, 0) is 12.8 Å². The highest BCUT2D eigenvalue weighted by atomic mass is 35.5. The first-order valence-corrected chi connectivity index (χ1v) is 2.60. The average Bonchev–Trinajstić information content (AvgIpc) is 2.44. The lowest BCUT2D eigenvalue weighted by molar-refractivity contribution is 0.319. The molecule has 1 aliphatic rings. The Morgan fingerprint density at radius 2 is 2.29 bits per heavy atom. The molecule has 1 saturated carbocycles. The Bertz CT molecular complexity index is 97.9. The van der Waals surface area contributed by atoms with E-state index in [0.29, 0.717) is 11.1 Å². The highest BCUT2D eigenvalue weighted by Crippen LogP contribution is 2.31. The van der Waals surface area contributed by atoms with Crippen molar-refractivity contribution in [1.29, 1.82) is 0 Å². The maximum atomic E-state index is 8.00. The first-order chi connectivity index (χ1) is 3.34. The molecule has 0 heterocycles. The summed E-state index contributed by atoms with van der Waals surface area (Å²) in [6.45, 7) is 0. The normalized spacial score (nSPS) is 22.7. The average molecular weight is 120 g/mol. The molecular formula is C4H6ClNO. The molecule has 0 aliphatic heterocycles. The Kier molecular flexibility index (Phi) is 1.19. The molecule has 0 saturated heterocycles. The Balaban J connectivity index is 2.37. The minimum atomic E-state index is 0.361. The molecular weight excluding hydrogens is 114 g/mol. The van der Waals surface area contributed by atoms with Gasteiger partial charge in [0.25, 0.3) is 0 Å². The van der Waals surface area contributed by atoms with Crippen molar-refractivity contribution in [3.63, 3.8) is 0 Å². The molecule has 40 valence electrons. The van der Waals surface area contributed by atoms with Crippen LogP contribution in [0.5, 0.6) is 0 Å². The van der Waals surface area contributed by atoms with Gasteiger partial charge in [0.2, 0.25) is 0 Å². The van der Waals surface area contributed by atoms with E-state index in [1.54, 1.807) is 0 Å². The number of hydrogen-bond acceptors (Lipinski definition) is 2. The van der Waals surface area contributed by atoms with Gasteiger partial charge in [0, 0.05) is 5.92 Å². The second-order valence-corrected chi connectivity index (χ2v) is 2.08.